The Labute approximate surface area is 197 Å². The molecule has 1 saturated heterocycles. The van der Waals surface area contributed by atoms with Crippen molar-refractivity contribution < 1.29 is 9.59 Å². The molecule has 30 heavy (non-hydrogen) atoms. The Morgan fingerprint density at radius 1 is 1.30 bits per heavy atom. The number of amides is 2. The Kier molecular flexibility index (Phi) is 10.6. The van der Waals surface area contributed by atoms with Gasteiger partial charge < -0.3 is 21.3 Å². The third kappa shape index (κ3) is 8.89. The van der Waals surface area contributed by atoms with Crippen LogP contribution in [0.4, 0.5) is 0 Å². The molecular weight excluding hydrogens is 493 g/mol. The van der Waals surface area contributed by atoms with Crippen molar-refractivity contribution in [2.24, 2.45) is 16.6 Å². The maximum Gasteiger partial charge on any atom is 0.251 e. The van der Waals surface area contributed by atoms with Crippen LogP contribution in [0, 0.1) is 5.92 Å². The third-order valence-corrected chi connectivity index (χ3v) is 4.73. The van der Waals surface area contributed by atoms with E-state index in [4.69, 9.17) is 10.7 Å². The van der Waals surface area contributed by atoms with E-state index in [0.717, 1.165) is 44.0 Å². The number of carbonyl (C=O) groups excluding carboxylic acids is 2. The molecule has 0 radical (unpaired) electrons. The van der Waals surface area contributed by atoms with Gasteiger partial charge in [-0.25, -0.2) is 4.99 Å². The lowest BCUT2D eigenvalue weighted by Gasteiger charge is -2.34. The third-order valence-electron chi connectivity index (χ3n) is 4.73. The largest absolute Gasteiger partial charge is 0.370 e. The number of nitrogens with one attached hydrogen (secondary N) is 2. The topological polar surface area (TPSA) is 99.8 Å². The second kappa shape index (κ2) is 12.1. The van der Waals surface area contributed by atoms with Gasteiger partial charge in [0, 0.05) is 37.2 Å². The minimum atomic E-state index is -0.279. The van der Waals surface area contributed by atoms with Crippen molar-refractivity contribution in [2.45, 2.75) is 59.0 Å². The quantitative estimate of drug-likeness (QED) is 0.300. The van der Waals surface area contributed by atoms with Gasteiger partial charge in [-0.2, -0.15) is 0 Å². The molecule has 0 aliphatic carbocycles. The van der Waals surface area contributed by atoms with Gasteiger partial charge in [0.2, 0.25) is 5.91 Å². The Balaban J connectivity index is 0.00000450. The average molecular weight is 529 g/mol. The maximum atomic E-state index is 12.4. The minimum absolute atomic E-state index is 0. The summed E-state index contributed by atoms with van der Waals surface area (Å²) in [6.45, 7) is 10.9. The van der Waals surface area contributed by atoms with Gasteiger partial charge in [0.25, 0.3) is 5.91 Å². The summed E-state index contributed by atoms with van der Waals surface area (Å²) in [7, 11) is 0. The van der Waals surface area contributed by atoms with E-state index in [0.29, 0.717) is 18.5 Å². The highest BCUT2D eigenvalue weighted by molar-refractivity contribution is 14.0. The Morgan fingerprint density at radius 3 is 2.67 bits per heavy atom. The fourth-order valence-electron chi connectivity index (χ4n) is 3.52. The molecule has 1 fully saturated rings. The molecular formula is C22H36IN5O2. The van der Waals surface area contributed by atoms with Crippen LogP contribution in [0.1, 0.15) is 62.9 Å². The molecule has 1 aliphatic heterocycles. The molecule has 7 nitrogen and oxygen atoms in total. The van der Waals surface area contributed by atoms with E-state index in [1.54, 1.807) is 0 Å². The van der Waals surface area contributed by atoms with Crippen LogP contribution < -0.4 is 16.4 Å². The van der Waals surface area contributed by atoms with Crippen LogP contribution in [-0.4, -0.2) is 47.8 Å². The van der Waals surface area contributed by atoms with Crippen molar-refractivity contribution in [3.63, 3.8) is 0 Å². The predicted octanol–water partition coefficient (Wildman–Crippen LogP) is 2.89. The lowest BCUT2D eigenvalue weighted by atomic mass is 9.95. The number of benzene rings is 1. The molecule has 0 saturated carbocycles. The summed E-state index contributed by atoms with van der Waals surface area (Å²) < 4.78 is 0. The van der Waals surface area contributed by atoms with Crippen molar-refractivity contribution in [3.8, 4) is 0 Å². The number of carbonyl (C=O) groups is 2. The molecule has 0 spiro atoms. The molecule has 1 aromatic carbocycles. The number of hydrogen-bond donors (Lipinski definition) is 3. The van der Waals surface area contributed by atoms with Crippen molar-refractivity contribution in [3.05, 3.63) is 35.4 Å². The van der Waals surface area contributed by atoms with Gasteiger partial charge in [0.05, 0.1) is 6.54 Å². The van der Waals surface area contributed by atoms with Gasteiger partial charge in [0.1, 0.15) is 0 Å². The number of guanidine groups is 1. The molecule has 2 rings (SSSR count). The minimum Gasteiger partial charge on any atom is -0.370 e. The molecule has 1 atom stereocenters. The Hall–Kier alpha value is -1.84. The first-order chi connectivity index (χ1) is 13.7. The fraction of sp³-hybridized carbons (Fsp3) is 0.591. The molecule has 1 heterocycles. The van der Waals surface area contributed by atoms with Crippen molar-refractivity contribution in [1.82, 2.24) is 15.5 Å². The van der Waals surface area contributed by atoms with E-state index in [1.165, 1.54) is 0 Å². The second-order valence-electron chi connectivity index (χ2n) is 8.70. The lowest BCUT2D eigenvalue weighted by Crippen LogP contribution is -2.47. The number of primary amides is 1. The first-order valence-corrected chi connectivity index (χ1v) is 10.4. The van der Waals surface area contributed by atoms with E-state index in [-0.39, 0.29) is 47.2 Å². The first-order valence-electron chi connectivity index (χ1n) is 10.4. The smallest absolute Gasteiger partial charge is 0.251 e. The highest BCUT2D eigenvalue weighted by atomic mass is 127. The Bertz CT molecular complexity index is 745. The number of aliphatic imine (C=N–C) groups is 1. The summed E-state index contributed by atoms with van der Waals surface area (Å²) in [5.74, 6) is 0.783. The van der Waals surface area contributed by atoms with E-state index >= 15 is 0 Å². The molecule has 4 N–H and O–H groups in total. The molecule has 1 aromatic rings. The van der Waals surface area contributed by atoms with Crippen LogP contribution in [0.25, 0.3) is 0 Å². The zero-order valence-electron chi connectivity index (χ0n) is 18.5. The van der Waals surface area contributed by atoms with E-state index in [2.05, 4.69) is 15.5 Å². The molecule has 1 aliphatic rings. The summed E-state index contributed by atoms with van der Waals surface area (Å²) in [6, 6.07) is 7.57. The fourth-order valence-corrected chi connectivity index (χ4v) is 3.52. The maximum absolute atomic E-state index is 12.4. The summed E-state index contributed by atoms with van der Waals surface area (Å²) in [6.07, 6.45) is 2.45. The van der Waals surface area contributed by atoms with Crippen LogP contribution in [0.5, 0.6) is 0 Å². The van der Waals surface area contributed by atoms with E-state index in [9.17, 15) is 9.59 Å². The van der Waals surface area contributed by atoms with E-state index in [1.807, 2.05) is 52.0 Å². The van der Waals surface area contributed by atoms with Gasteiger partial charge in [-0.3, -0.25) is 9.59 Å². The summed E-state index contributed by atoms with van der Waals surface area (Å²) >= 11 is 0. The summed E-state index contributed by atoms with van der Waals surface area (Å²) in [5, 5.41) is 6.33. The molecule has 168 valence electrons. The molecule has 8 heteroatoms. The normalized spacial score (nSPS) is 17.1. The molecule has 0 bridgehead atoms. The number of nitrogens with zero attached hydrogens (tertiary/aromatic N) is 2. The van der Waals surface area contributed by atoms with Gasteiger partial charge in [-0.15, -0.1) is 24.0 Å². The van der Waals surface area contributed by atoms with Crippen molar-refractivity contribution in [1.29, 1.82) is 0 Å². The monoisotopic (exact) mass is 529 g/mol. The zero-order chi connectivity index (χ0) is 21.4. The number of rotatable bonds is 6. The predicted molar refractivity (Wildman–Crippen MR) is 132 cm³/mol. The number of nitrogens with two attached hydrogens (primary N) is 1. The molecule has 1 unspecified atom stereocenters. The average Bonchev–Trinajstić information content (AvgIpc) is 2.63. The van der Waals surface area contributed by atoms with Crippen LogP contribution in [0.2, 0.25) is 0 Å². The van der Waals surface area contributed by atoms with Crippen LogP contribution in [0.15, 0.2) is 29.3 Å². The highest BCUT2D eigenvalue weighted by Crippen LogP contribution is 2.19. The van der Waals surface area contributed by atoms with Gasteiger partial charge >= 0.3 is 0 Å². The highest BCUT2D eigenvalue weighted by Gasteiger charge is 2.23. The zero-order valence-corrected chi connectivity index (χ0v) is 20.9. The van der Waals surface area contributed by atoms with E-state index < -0.39 is 0 Å². The van der Waals surface area contributed by atoms with Gasteiger partial charge in [0.15, 0.2) is 5.96 Å². The van der Waals surface area contributed by atoms with Crippen molar-refractivity contribution >= 4 is 41.8 Å². The van der Waals surface area contributed by atoms with Gasteiger partial charge in [-0.1, -0.05) is 12.1 Å². The first kappa shape index (κ1) is 26.2. The summed E-state index contributed by atoms with van der Waals surface area (Å²) in [5.41, 5.74) is 6.72. The number of likely N-dealkylation sites (tertiary alicyclic amines) is 1. The standard InChI is InChI=1S/C22H35N5O2.HI/c1-5-24-21(27-11-7-9-17(15-27)13-19(23)28)25-14-16-8-6-10-18(12-16)20(29)26-22(2,3)4;/h6,8,10,12,17H,5,7,9,11,13-15H2,1-4H3,(H2,23,28)(H,24,25)(H,26,29);1H. The lowest BCUT2D eigenvalue weighted by molar-refractivity contribution is -0.119. The van der Waals surface area contributed by atoms with Crippen molar-refractivity contribution in [2.75, 3.05) is 19.6 Å². The number of piperidine rings is 1. The molecule has 0 aromatic heterocycles. The van der Waals surface area contributed by atoms with Crippen LogP contribution >= 0.6 is 24.0 Å². The SMILES string of the molecule is CCNC(=NCc1cccc(C(=O)NC(C)(C)C)c1)N1CCCC(CC(N)=O)C1.I. The van der Waals surface area contributed by atoms with Crippen LogP contribution in [0.3, 0.4) is 0 Å². The van der Waals surface area contributed by atoms with Crippen LogP contribution in [-0.2, 0) is 11.3 Å². The Morgan fingerprint density at radius 2 is 2.03 bits per heavy atom. The van der Waals surface area contributed by atoms with Gasteiger partial charge in [-0.05, 0) is 64.2 Å². The number of hydrogen-bond acceptors (Lipinski definition) is 3. The summed E-state index contributed by atoms with van der Waals surface area (Å²) in [4.78, 5) is 30.7. The molecule has 2 amide bonds. The second-order valence-corrected chi connectivity index (χ2v) is 8.70. The number of halogens is 1.